The molecular formula is C127H148N4O6P4. The summed E-state index contributed by atoms with van der Waals surface area (Å²) in [6, 6.07) is 91.1. The minimum Gasteiger partial charge on any atom is -0.490 e. The Labute approximate surface area is 850 Å². The summed E-state index contributed by atoms with van der Waals surface area (Å²) < 4.78 is 41.1. The predicted octanol–water partition coefficient (Wildman–Crippen LogP) is 35.4. The van der Waals surface area contributed by atoms with Crippen molar-refractivity contribution in [3.63, 3.8) is 0 Å². The highest BCUT2D eigenvalue weighted by atomic mass is 32.7. The fraction of sp³-hybridized carbons (Fsp3) is 0.370. The van der Waals surface area contributed by atoms with Gasteiger partial charge in [-0.25, -0.2) is 19.9 Å². The first-order valence-electron chi connectivity index (χ1n) is 53.0. The van der Waals surface area contributed by atoms with E-state index >= 15 is 0 Å². The van der Waals surface area contributed by atoms with Crippen LogP contribution in [0.3, 0.4) is 0 Å². The lowest BCUT2D eigenvalue weighted by Gasteiger charge is -2.36. The van der Waals surface area contributed by atoms with Crippen LogP contribution in [0.1, 0.15) is 310 Å². The summed E-state index contributed by atoms with van der Waals surface area (Å²) >= 11 is 0. The van der Waals surface area contributed by atoms with Crippen LogP contribution in [0.25, 0.3) is 78.4 Å². The smallest absolute Gasteiger partial charge is 0.161 e. The number of benzene rings is 12. The van der Waals surface area contributed by atoms with Crippen molar-refractivity contribution >= 4 is 33.8 Å². The third-order valence-electron chi connectivity index (χ3n) is 29.1. The van der Waals surface area contributed by atoms with Crippen LogP contribution >= 0.6 is 33.8 Å². The molecule has 0 N–H and O–H groups in total. The maximum absolute atomic E-state index is 7.07. The number of nitrogens with zero attached hydrogens (tertiary/aromatic N) is 4. The molecule has 3 aliphatic rings. The zero-order valence-electron chi connectivity index (χ0n) is 85.4. The Bertz CT molecular complexity index is 6480. The summed E-state index contributed by atoms with van der Waals surface area (Å²) in [6.45, 7) is 26.3. The molecule has 10 nitrogen and oxygen atoms in total. The molecule has 6 atom stereocenters. The largest absolute Gasteiger partial charge is 0.490 e. The zero-order chi connectivity index (χ0) is 98.1. The van der Waals surface area contributed by atoms with E-state index in [9.17, 15) is 0 Å². The second kappa shape index (κ2) is 50.0. The molecule has 0 aliphatic heterocycles. The molecule has 17 rings (SSSR count). The minimum atomic E-state index is -0.918. The number of unbranched alkanes of at least 4 members (excludes halogenated alkanes) is 22. The number of aryl methyl sites for hydroxylation is 4. The van der Waals surface area contributed by atoms with Gasteiger partial charge in [-0.3, -0.25) is 0 Å². The third kappa shape index (κ3) is 23.1. The highest BCUT2D eigenvalue weighted by Gasteiger charge is 2.51. The lowest BCUT2D eigenvalue weighted by Crippen LogP contribution is -2.30. The molecular weight excluding hydrogens is 1800 g/mol. The highest BCUT2D eigenvalue weighted by molar-refractivity contribution is 8.65. The van der Waals surface area contributed by atoms with Gasteiger partial charge in [0.1, 0.15) is 0 Å². The average Bonchev–Trinajstić information content (AvgIpc) is 1.54. The van der Waals surface area contributed by atoms with Gasteiger partial charge in [0.2, 0.25) is 0 Å². The summed E-state index contributed by atoms with van der Waals surface area (Å²) in [5, 5.41) is 0. The van der Waals surface area contributed by atoms with Crippen molar-refractivity contribution in [1.82, 2.24) is 19.9 Å². The summed E-state index contributed by atoms with van der Waals surface area (Å²) in [4.78, 5) is 21.7. The fourth-order valence-electron chi connectivity index (χ4n) is 21.8. The summed E-state index contributed by atoms with van der Waals surface area (Å²) in [7, 11) is 7.94. The molecule has 0 fully saturated rings. The van der Waals surface area contributed by atoms with Gasteiger partial charge in [0.05, 0.1) is 55.9 Å². The van der Waals surface area contributed by atoms with E-state index in [-0.39, 0.29) is 6.99 Å². The van der Waals surface area contributed by atoms with E-state index in [4.69, 9.17) is 48.4 Å². The summed E-state index contributed by atoms with van der Waals surface area (Å²) in [6.07, 6.45) is 40.5. The maximum atomic E-state index is 7.07. The number of fused-ring (bicyclic) bond motifs is 9. The van der Waals surface area contributed by atoms with Crippen LogP contribution in [-0.2, 0) is 16.2 Å². The van der Waals surface area contributed by atoms with E-state index in [1.165, 1.54) is 155 Å². The van der Waals surface area contributed by atoms with Crippen molar-refractivity contribution in [1.29, 1.82) is 0 Å². The van der Waals surface area contributed by atoms with Crippen molar-refractivity contribution in [2.24, 2.45) is 0 Å². The Morgan fingerprint density at radius 3 is 0.809 bits per heavy atom. The van der Waals surface area contributed by atoms with E-state index in [0.29, 0.717) is 51.3 Å². The first-order chi connectivity index (χ1) is 69.1. The molecule has 141 heavy (non-hydrogen) atoms. The van der Waals surface area contributed by atoms with E-state index in [1.807, 2.05) is 24.8 Å². The zero-order valence-corrected chi connectivity index (χ0v) is 89.7. The molecule has 14 aromatic rings. The van der Waals surface area contributed by atoms with Gasteiger partial charge in [0, 0.05) is 47.0 Å². The molecule has 0 saturated heterocycles. The van der Waals surface area contributed by atoms with E-state index < -0.39 is 16.2 Å². The van der Waals surface area contributed by atoms with Crippen molar-refractivity contribution in [3.05, 3.63) is 356 Å². The molecule has 0 saturated carbocycles. The van der Waals surface area contributed by atoms with Gasteiger partial charge in [-0.05, 0) is 251 Å². The highest BCUT2D eigenvalue weighted by Crippen LogP contribution is 2.63. The molecule has 2 heterocycles. The molecule has 0 amide bonds. The Hall–Kier alpha value is -10.7. The normalized spacial score (nSPS) is 15.1. The molecule has 3 aliphatic carbocycles. The number of ether oxygens (including phenoxy) is 6. The predicted molar refractivity (Wildman–Crippen MR) is 603 cm³/mol. The van der Waals surface area contributed by atoms with Crippen LogP contribution in [-0.4, -0.2) is 59.6 Å². The van der Waals surface area contributed by atoms with E-state index in [2.05, 4.69) is 339 Å². The molecule has 0 spiro atoms. The van der Waals surface area contributed by atoms with E-state index in [0.717, 1.165) is 215 Å². The number of aromatic nitrogens is 4. The lowest BCUT2D eigenvalue weighted by molar-refractivity contribution is 0.258. The molecule has 6 unspecified atom stereocenters. The Kier molecular flexibility index (Phi) is 36.6. The van der Waals surface area contributed by atoms with E-state index in [1.54, 1.807) is 0 Å². The number of hydrogen-bond donors (Lipinski definition) is 0. The van der Waals surface area contributed by atoms with Crippen molar-refractivity contribution in [3.8, 4) is 113 Å². The molecule has 732 valence electrons. The van der Waals surface area contributed by atoms with Crippen LogP contribution < -0.4 is 28.4 Å². The maximum Gasteiger partial charge on any atom is 0.161 e. The topological polar surface area (TPSA) is 107 Å². The minimum absolute atomic E-state index is 0.130. The van der Waals surface area contributed by atoms with Gasteiger partial charge in [-0.1, -0.05) is 381 Å². The standard InChI is InChI=1S/C127H142N4O6.H6P4/c1-11-17-23-25-27-29-31-43-73-134-119-68-59-103(84-122(119)137-74-44-32-30-28-26-24-18-12-2)127(110-75-89(7)49-52-92(110)10)112-77-91(9)51-61-105(112)109-63-54-94(79-116(109)127)98-87-130-124(131-88-98)96-56-65-108-107-64-55-95(80-114(107)126(115(108)81-96,100-47-37-34-38-48-100)102-58-67-118(133-70-40-20-14-4)121(83-102)136-72-42-22-16-6)123-128-85-97(86-129-123)93-53-62-106-104-60-50-90(8)76-111(104)125(113(106)78-93,99-45-35-33-36-46-99)101-57-66-117(132-69-39-19-13-3)120(82-101)135-71-41-21-15-5;1-4(2)3/h33-38,45-68,75-88H,11-32,39-44,69-74H2,1-10H3;1-3H2. The fourth-order valence-corrected chi connectivity index (χ4v) is 21.8. The van der Waals surface area contributed by atoms with Gasteiger partial charge >= 0.3 is 0 Å². The van der Waals surface area contributed by atoms with Gasteiger partial charge in [-0.15, -0.1) is 26.8 Å². The van der Waals surface area contributed by atoms with Crippen molar-refractivity contribution in [2.75, 3.05) is 39.6 Å². The molecule has 2 aromatic heterocycles. The molecule has 0 bridgehead atoms. The van der Waals surface area contributed by atoms with Gasteiger partial charge < -0.3 is 28.4 Å². The first kappa shape index (κ1) is 103. The Morgan fingerprint density at radius 2 is 0.468 bits per heavy atom. The SMILES string of the molecule is CCCCCCCCCCOc1ccc(C2(c3cc(C)ccc3C)c3cc(C)ccc3-c3ccc(-c4cnc(-c5ccc6c(c5)C(c5ccccc5)(c5ccc(OCCCCC)c(OCCCCC)c5)c5cc(-c7ncc(-c8ccc9c(c8)C(c8ccccc8)(c8ccc(OCCCCC)c(OCCCCC)c8)c8cc(C)ccc8-9)cn7)ccc5-6)nc4)cc32)cc1OCCCCCCCCCC.PP(P)P. The lowest BCUT2D eigenvalue weighted by atomic mass is 9.65. The van der Waals surface area contributed by atoms with Crippen molar-refractivity contribution < 1.29 is 28.4 Å². The third-order valence-corrected chi connectivity index (χ3v) is 29.1. The van der Waals surface area contributed by atoms with Crippen LogP contribution in [0.15, 0.2) is 267 Å². The number of rotatable bonds is 50. The molecule has 12 aromatic carbocycles. The average molecular weight is 1950 g/mol. The van der Waals surface area contributed by atoms with Crippen molar-refractivity contribution in [2.45, 2.75) is 265 Å². The summed E-state index contributed by atoms with van der Waals surface area (Å²) in [5.74, 6) is 5.94. The second-order valence-electron chi connectivity index (χ2n) is 39.3. The van der Waals surface area contributed by atoms with Gasteiger partial charge in [0.15, 0.2) is 46.1 Å². The molecule has 14 heteroatoms. The van der Waals surface area contributed by atoms with Gasteiger partial charge in [0.25, 0.3) is 0 Å². The van der Waals surface area contributed by atoms with Gasteiger partial charge in [-0.2, -0.15) is 0 Å². The van der Waals surface area contributed by atoms with Crippen LogP contribution in [0, 0.1) is 27.7 Å². The van der Waals surface area contributed by atoms with Crippen LogP contribution in [0.4, 0.5) is 0 Å². The Balaban J connectivity index is 0.00000351. The van der Waals surface area contributed by atoms with Crippen LogP contribution in [0.2, 0.25) is 0 Å². The first-order valence-corrected chi connectivity index (χ1v) is 59.2. The second-order valence-corrected chi connectivity index (χ2v) is 51.0. The Morgan fingerprint density at radius 1 is 0.220 bits per heavy atom. The van der Waals surface area contributed by atoms with Crippen LogP contribution in [0.5, 0.6) is 34.5 Å². The monoisotopic (exact) mass is 1950 g/mol. The number of hydrogen-bond acceptors (Lipinski definition) is 10. The molecule has 0 radical (unpaired) electrons. The summed E-state index contributed by atoms with van der Waals surface area (Å²) in [5.41, 5.74) is 29.2. The quantitative estimate of drug-likeness (QED) is 0.0270.